The largest absolute Gasteiger partial charge is 0.383 e. The van der Waals surface area contributed by atoms with Crippen LogP contribution in [0.2, 0.25) is 5.02 Å². The van der Waals surface area contributed by atoms with Gasteiger partial charge in [0.2, 0.25) is 5.91 Å². The van der Waals surface area contributed by atoms with Gasteiger partial charge in [-0.2, -0.15) is 0 Å². The van der Waals surface area contributed by atoms with Crippen LogP contribution in [-0.2, 0) is 16.1 Å². The summed E-state index contributed by atoms with van der Waals surface area (Å²) in [7, 11) is 1.60. The van der Waals surface area contributed by atoms with Gasteiger partial charge in [-0.25, -0.2) is 0 Å². The van der Waals surface area contributed by atoms with Crippen LogP contribution in [0.4, 0.5) is 0 Å². The van der Waals surface area contributed by atoms with Gasteiger partial charge in [0.05, 0.1) is 12.6 Å². The Labute approximate surface area is 127 Å². The zero-order chi connectivity index (χ0) is 14.3. The maximum absolute atomic E-state index is 11.7. The fraction of sp³-hybridized carbons (Fsp3) is 0.462. The minimum atomic E-state index is -0.264. The summed E-state index contributed by atoms with van der Waals surface area (Å²) in [6.45, 7) is 3.45. The second-order valence-electron chi connectivity index (χ2n) is 4.12. The number of amides is 1. The van der Waals surface area contributed by atoms with E-state index in [-0.39, 0.29) is 11.9 Å². The van der Waals surface area contributed by atoms with Crippen molar-refractivity contribution in [1.29, 1.82) is 0 Å². The Bertz CT molecular complexity index is 429. The van der Waals surface area contributed by atoms with Crippen LogP contribution >= 0.6 is 27.5 Å². The second-order valence-corrected chi connectivity index (χ2v) is 5.41. The number of benzene rings is 1. The number of hydrogen-bond donors (Lipinski definition) is 2. The molecular weight excluding hydrogens is 332 g/mol. The SMILES string of the molecule is COCCNC(=O)C(C)NCc1ccc(Cl)cc1Br. The summed E-state index contributed by atoms with van der Waals surface area (Å²) in [6.07, 6.45) is 0. The van der Waals surface area contributed by atoms with E-state index in [4.69, 9.17) is 16.3 Å². The molecule has 1 unspecified atom stereocenters. The van der Waals surface area contributed by atoms with Gasteiger partial charge in [-0.1, -0.05) is 33.6 Å². The van der Waals surface area contributed by atoms with Crippen molar-refractivity contribution in [3.05, 3.63) is 33.3 Å². The van der Waals surface area contributed by atoms with E-state index in [9.17, 15) is 4.79 Å². The lowest BCUT2D eigenvalue weighted by atomic mass is 10.2. The van der Waals surface area contributed by atoms with Crippen LogP contribution in [0.3, 0.4) is 0 Å². The van der Waals surface area contributed by atoms with Crippen molar-refractivity contribution in [2.45, 2.75) is 19.5 Å². The standard InChI is InChI=1S/C13H18BrClN2O2/c1-9(13(18)16-5-6-19-2)17-8-10-3-4-11(15)7-12(10)14/h3-4,7,9,17H,5-6,8H2,1-2H3,(H,16,18). The molecule has 0 aromatic heterocycles. The van der Waals surface area contributed by atoms with E-state index in [2.05, 4.69) is 26.6 Å². The summed E-state index contributed by atoms with van der Waals surface area (Å²) in [5, 5.41) is 6.63. The Balaban J connectivity index is 2.40. The van der Waals surface area contributed by atoms with Crippen molar-refractivity contribution in [1.82, 2.24) is 10.6 Å². The van der Waals surface area contributed by atoms with Gasteiger partial charge in [0.25, 0.3) is 0 Å². The maximum atomic E-state index is 11.7. The molecule has 1 rings (SSSR count). The Kier molecular flexibility index (Phi) is 7.38. The van der Waals surface area contributed by atoms with Crippen LogP contribution in [0.1, 0.15) is 12.5 Å². The first-order chi connectivity index (χ1) is 9.04. The third kappa shape index (κ3) is 5.91. The van der Waals surface area contributed by atoms with Gasteiger partial charge in [-0.3, -0.25) is 4.79 Å². The first-order valence-corrected chi connectivity index (χ1v) is 7.15. The predicted molar refractivity (Wildman–Crippen MR) is 80.3 cm³/mol. The Morgan fingerprint density at radius 2 is 2.26 bits per heavy atom. The van der Waals surface area contributed by atoms with Gasteiger partial charge in [0, 0.05) is 29.7 Å². The highest BCUT2D eigenvalue weighted by Gasteiger charge is 2.12. The first-order valence-electron chi connectivity index (χ1n) is 5.98. The first kappa shape index (κ1) is 16.4. The van der Waals surface area contributed by atoms with Gasteiger partial charge < -0.3 is 15.4 Å². The smallest absolute Gasteiger partial charge is 0.236 e. The van der Waals surface area contributed by atoms with Crippen molar-refractivity contribution in [3.63, 3.8) is 0 Å². The molecule has 1 amide bonds. The molecule has 0 radical (unpaired) electrons. The van der Waals surface area contributed by atoms with E-state index in [1.54, 1.807) is 7.11 Å². The summed E-state index contributed by atoms with van der Waals surface area (Å²) < 4.78 is 5.80. The fourth-order valence-electron chi connectivity index (χ4n) is 1.45. The molecule has 1 atom stereocenters. The van der Waals surface area contributed by atoms with E-state index >= 15 is 0 Å². The third-order valence-corrected chi connectivity index (χ3v) is 3.59. The normalized spacial score (nSPS) is 12.2. The van der Waals surface area contributed by atoms with Crippen molar-refractivity contribution in [2.24, 2.45) is 0 Å². The summed E-state index contributed by atoms with van der Waals surface area (Å²) in [5.41, 5.74) is 1.06. The lowest BCUT2D eigenvalue weighted by Gasteiger charge is -2.14. The summed E-state index contributed by atoms with van der Waals surface area (Å²) >= 11 is 9.32. The number of hydrogen-bond acceptors (Lipinski definition) is 3. The average molecular weight is 350 g/mol. The maximum Gasteiger partial charge on any atom is 0.236 e. The molecule has 0 saturated carbocycles. The molecule has 4 nitrogen and oxygen atoms in total. The minimum absolute atomic E-state index is 0.0397. The molecule has 0 aliphatic rings. The highest BCUT2D eigenvalue weighted by molar-refractivity contribution is 9.10. The molecule has 1 aromatic carbocycles. The molecule has 0 aliphatic carbocycles. The second kappa shape index (κ2) is 8.53. The lowest BCUT2D eigenvalue weighted by Crippen LogP contribution is -2.42. The number of ether oxygens (including phenoxy) is 1. The van der Waals surface area contributed by atoms with Crippen LogP contribution in [0.5, 0.6) is 0 Å². The topological polar surface area (TPSA) is 50.4 Å². The fourth-order valence-corrected chi connectivity index (χ4v) is 2.27. The Morgan fingerprint density at radius 1 is 1.53 bits per heavy atom. The number of carbonyl (C=O) groups excluding carboxylic acids is 1. The van der Waals surface area contributed by atoms with E-state index in [1.807, 2.05) is 25.1 Å². The highest BCUT2D eigenvalue weighted by Crippen LogP contribution is 2.21. The van der Waals surface area contributed by atoms with Crippen LogP contribution < -0.4 is 10.6 Å². The molecule has 0 heterocycles. The molecule has 0 aliphatic heterocycles. The molecule has 0 fully saturated rings. The van der Waals surface area contributed by atoms with Crippen molar-refractivity contribution in [2.75, 3.05) is 20.3 Å². The molecular formula is C13H18BrClN2O2. The zero-order valence-corrected chi connectivity index (χ0v) is 13.3. The quantitative estimate of drug-likeness (QED) is 0.743. The molecule has 19 heavy (non-hydrogen) atoms. The predicted octanol–water partition coefficient (Wildman–Crippen LogP) is 2.34. The van der Waals surface area contributed by atoms with Crippen molar-refractivity contribution < 1.29 is 9.53 Å². The van der Waals surface area contributed by atoms with Crippen molar-refractivity contribution >= 4 is 33.4 Å². The van der Waals surface area contributed by atoms with Gasteiger partial charge >= 0.3 is 0 Å². The zero-order valence-electron chi connectivity index (χ0n) is 11.0. The Hall–Kier alpha value is -0.620. The van der Waals surface area contributed by atoms with Gasteiger partial charge in [-0.05, 0) is 24.6 Å². The monoisotopic (exact) mass is 348 g/mol. The summed E-state index contributed by atoms with van der Waals surface area (Å²) in [5.74, 6) is -0.0397. The molecule has 0 bridgehead atoms. The van der Waals surface area contributed by atoms with Crippen LogP contribution in [-0.4, -0.2) is 32.2 Å². The summed E-state index contributed by atoms with van der Waals surface area (Å²) in [6, 6.07) is 5.32. The number of methoxy groups -OCH3 is 1. The molecule has 0 spiro atoms. The van der Waals surface area contributed by atoms with Crippen LogP contribution in [0.15, 0.2) is 22.7 Å². The van der Waals surface area contributed by atoms with Crippen molar-refractivity contribution in [3.8, 4) is 0 Å². The highest BCUT2D eigenvalue weighted by atomic mass is 79.9. The van der Waals surface area contributed by atoms with E-state index < -0.39 is 0 Å². The molecule has 0 saturated heterocycles. The lowest BCUT2D eigenvalue weighted by molar-refractivity contribution is -0.122. The number of carbonyl (C=O) groups is 1. The van der Waals surface area contributed by atoms with Gasteiger partial charge in [0.15, 0.2) is 0 Å². The number of halogens is 2. The molecule has 6 heteroatoms. The molecule has 2 N–H and O–H groups in total. The minimum Gasteiger partial charge on any atom is -0.383 e. The average Bonchev–Trinajstić information content (AvgIpc) is 2.37. The number of rotatable bonds is 7. The van der Waals surface area contributed by atoms with Crippen LogP contribution in [0.25, 0.3) is 0 Å². The molecule has 106 valence electrons. The van der Waals surface area contributed by atoms with Crippen LogP contribution in [0, 0.1) is 0 Å². The van der Waals surface area contributed by atoms with Gasteiger partial charge in [-0.15, -0.1) is 0 Å². The molecule has 1 aromatic rings. The Morgan fingerprint density at radius 3 is 2.89 bits per heavy atom. The summed E-state index contributed by atoms with van der Waals surface area (Å²) in [4.78, 5) is 11.7. The van der Waals surface area contributed by atoms with Gasteiger partial charge in [0.1, 0.15) is 0 Å². The number of nitrogens with one attached hydrogen (secondary N) is 2. The van der Waals surface area contributed by atoms with E-state index in [0.29, 0.717) is 24.7 Å². The van der Waals surface area contributed by atoms with E-state index in [0.717, 1.165) is 10.0 Å². The third-order valence-electron chi connectivity index (χ3n) is 2.61. The van der Waals surface area contributed by atoms with E-state index in [1.165, 1.54) is 0 Å².